The SMILES string of the molecule is Cc1cc(=O)n(CCC(=O)NC(C)C)c(C)c1C(=O)O. The molecule has 1 rings (SSSR count). The van der Waals surface area contributed by atoms with Crippen molar-refractivity contribution in [1.29, 1.82) is 0 Å². The molecule has 0 atom stereocenters. The molecule has 0 aliphatic rings. The molecule has 6 heteroatoms. The van der Waals surface area contributed by atoms with E-state index in [-0.39, 0.29) is 36.0 Å². The molecule has 0 aromatic carbocycles. The molecule has 1 aromatic rings. The van der Waals surface area contributed by atoms with E-state index in [0.29, 0.717) is 11.3 Å². The Balaban J connectivity index is 3.02. The second-order valence-electron chi connectivity index (χ2n) is 5.06. The van der Waals surface area contributed by atoms with Gasteiger partial charge in [-0.2, -0.15) is 0 Å². The number of carbonyl (C=O) groups is 2. The lowest BCUT2D eigenvalue weighted by molar-refractivity contribution is -0.121. The number of aromatic carboxylic acids is 1. The minimum atomic E-state index is -1.07. The Morgan fingerprint density at radius 3 is 2.45 bits per heavy atom. The third-order valence-corrected chi connectivity index (χ3v) is 2.99. The van der Waals surface area contributed by atoms with Crippen LogP contribution < -0.4 is 10.9 Å². The van der Waals surface area contributed by atoms with Crippen LogP contribution in [0.15, 0.2) is 10.9 Å². The molecular weight excluding hydrogens is 260 g/mol. The lowest BCUT2D eigenvalue weighted by Gasteiger charge is -2.14. The summed E-state index contributed by atoms with van der Waals surface area (Å²) in [5.74, 6) is -1.23. The van der Waals surface area contributed by atoms with E-state index in [1.54, 1.807) is 13.8 Å². The summed E-state index contributed by atoms with van der Waals surface area (Å²) in [7, 11) is 0. The molecular formula is C14H20N2O4. The maximum Gasteiger partial charge on any atom is 0.337 e. The number of aryl methyl sites for hydroxylation is 1. The van der Waals surface area contributed by atoms with Crippen LogP contribution >= 0.6 is 0 Å². The average Bonchev–Trinajstić information content (AvgIpc) is 2.25. The first kappa shape index (κ1) is 15.9. The Bertz CT molecular complexity index is 588. The number of hydrogen-bond donors (Lipinski definition) is 2. The van der Waals surface area contributed by atoms with Gasteiger partial charge in [-0.25, -0.2) is 4.79 Å². The van der Waals surface area contributed by atoms with Gasteiger partial charge >= 0.3 is 5.97 Å². The van der Waals surface area contributed by atoms with Crippen molar-refractivity contribution in [2.24, 2.45) is 0 Å². The van der Waals surface area contributed by atoms with Gasteiger partial charge in [-0.1, -0.05) is 0 Å². The molecule has 1 heterocycles. The molecule has 0 aliphatic carbocycles. The van der Waals surface area contributed by atoms with Gasteiger partial charge < -0.3 is 15.0 Å². The van der Waals surface area contributed by atoms with Gasteiger partial charge in [0.2, 0.25) is 5.91 Å². The second kappa shape index (κ2) is 6.36. The van der Waals surface area contributed by atoms with E-state index >= 15 is 0 Å². The van der Waals surface area contributed by atoms with Crippen molar-refractivity contribution in [3.63, 3.8) is 0 Å². The Hall–Kier alpha value is -2.11. The highest BCUT2D eigenvalue weighted by Crippen LogP contribution is 2.11. The van der Waals surface area contributed by atoms with Gasteiger partial charge in [-0.15, -0.1) is 0 Å². The highest BCUT2D eigenvalue weighted by atomic mass is 16.4. The Labute approximate surface area is 117 Å². The molecule has 0 spiro atoms. The molecule has 0 saturated heterocycles. The topological polar surface area (TPSA) is 88.4 Å². The molecule has 20 heavy (non-hydrogen) atoms. The van der Waals surface area contributed by atoms with Crippen LogP contribution in [0.1, 0.15) is 41.9 Å². The van der Waals surface area contributed by atoms with E-state index in [1.807, 2.05) is 13.8 Å². The van der Waals surface area contributed by atoms with Crippen LogP contribution in [-0.2, 0) is 11.3 Å². The number of carbonyl (C=O) groups excluding carboxylic acids is 1. The lowest BCUT2D eigenvalue weighted by Crippen LogP contribution is -2.33. The Kier molecular flexibility index (Phi) is 5.07. The van der Waals surface area contributed by atoms with Gasteiger partial charge in [-0.05, 0) is 33.3 Å². The number of carboxylic acids is 1. The number of hydrogen-bond acceptors (Lipinski definition) is 3. The van der Waals surface area contributed by atoms with Crippen LogP contribution in [0.2, 0.25) is 0 Å². The summed E-state index contributed by atoms with van der Waals surface area (Å²) in [4.78, 5) is 34.7. The molecule has 110 valence electrons. The van der Waals surface area contributed by atoms with Gasteiger partial charge in [0.25, 0.3) is 5.56 Å². The predicted molar refractivity (Wildman–Crippen MR) is 75.0 cm³/mol. The van der Waals surface area contributed by atoms with Crippen molar-refractivity contribution in [1.82, 2.24) is 9.88 Å². The van der Waals surface area contributed by atoms with Gasteiger partial charge in [0.05, 0.1) is 5.56 Å². The number of nitrogens with one attached hydrogen (secondary N) is 1. The van der Waals surface area contributed by atoms with Crippen LogP contribution in [0.25, 0.3) is 0 Å². The van der Waals surface area contributed by atoms with Crippen molar-refractivity contribution in [3.8, 4) is 0 Å². The van der Waals surface area contributed by atoms with E-state index in [0.717, 1.165) is 0 Å². The number of aromatic nitrogens is 1. The largest absolute Gasteiger partial charge is 0.478 e. The number of rotatable bonds is 5. The van der Waals surface area contributed by atoms with Gasteiger partial charge in [0.15, 0.2) is 0 Å². The third-order valence-electron chi connectivity index (χ3n) is 2.99. The van der Waals surface area contributed by atoms with Gasteiger partial charge in [-0.3, -0.25) is 9.59 Å². The highest BCUT2D eigenvalue weighted by Gasteiger charge is 2.16. The first-order valence-electron chi connectivity index (χ1n) is 6.47. The standard InChI is InChI=1S/C14H20N2O4/c1-8(2)15-11(17)5-6-16-10(4)13(14(19)20)9(3)7-12(16)18/h7-8H,5-6H2,1-4H3,(H,15,17)(H,19,20). The van der Waals surface area contributed by atoms with Crippen molar-refractivity contribution in [2.75, 3.05) is 0 Å². The Morgan fingerprint density at radius 1 is 1.35 bits per heavy atom. The summed E-state index contributed by atoms with van der Waals surface area (Å²) in [5.41, 5.74) is 0.638. The fourth-order valence-electron chi connectivity index (χ4n) is 2.13. The van der Waals surface area contributed by atoms with E-state index in [2.05, 4.69) is 5.32 Å². The van der Waals surface area contributed by atoms with Crippen molar-refractivity contribution >= 4 is 11.9 Å². The monoisotopic (exact) mass is 280 g/mol. The first-order valence-corrected chi connectivity index (χ1v) is 6.47. The highest BCUT2D eigenvalue weighted by molar-refractivity contribution is 5.90. The van der Waals surface area contributed by atoms with E-state index < -0.39 is 5.97 Å². The molecule has 6 nitrogen and oxygen atoms in total. The summed E-state index contributed by atoms with van der Waals surface area (Å²) >= 11 is 0. The number of carboxylic acid groups (broad SMARTS) is 1. The van der Waals surface area contributed by atoms with Crippen molar-refractivity contribution < 1.29 is 14.7 Å². The number of pyridine rings is 1. The van der Waals surface area contributed by atoms with Crippen LogP contribution in [-0.4, -0.2) is 27.6 Å². The molecule has 2 N–H and O–H groups in total. The molecule has 0 unspecified atom stereocenters. The molecule has 0 radical (unpaired) electrons. The van der Waals surface area contributed by atoms with Crippen LogP contribution in [0.5, 0.6) is 0 Å². The van der Waals surface area contributed by atoms with Crippen molar-refractivity contribution in [3.05, 3.63) is 33.2 Å². The third kappa shape index (κ3) is 3.69. The molecule has 1 aromatic heterocycles. The summed E-state index contributed by atoms with van der Waals surface area (Å²) in [6, 6.07) is 1.32. The maximum absolute atomic E-state index is 11.9. The van der Waals surface area contributed by atoms with E-state index in [1.165, 1.54) is 10.6 Å². The second-order valence-corrected chi connectivity index (χ2v) is 5.06. The predicted octanol–water partition coefficient (Wildman–Crippen LogP) is 1.08. The zero-order valence-corrected chi connectivity index (χ0v) is 12.2. The van der Waals surface area contributed by atoms with Crippen molar-refractivity contribution in [2.45, 2.75) is 46.7 Å². The van der Waals surface area contributed by atoms with Crippen LogP contribution in [0.3, 0.4) is 0 Å². The maximum atomic E-state index is 11.9. The lowest BCUT2D eigenvalue weighted by atomic mass is 10.1. The average molecular weight is 280 g/mol. The van der Waals surface area contributed by atoms with Crippen LogP contribution in [0, 0.1) is 13.8 Å². The fourth-order valence-corrected chi connectivity index (χ4v) is 2.13. The minimum absolute atomic E-state index is 0.0351. The molecule has 1 amide bonds. The molecule has 0 saturated carbocycles. The Morgan fingerprint density at radius 2 is 1.95 bits per heavy atom. The molecule has 0 fully saturated rings. The van der Waals surface area contributed by atoms with Gasteiger partial charge in [0.1, 0.15) is 0 Å². The quantitative estimate of drug-likeness (QED) is 0.844. The smallest absolute Gasteiger partial charge is 0.337 e. The fraction of sp³-hybridized carbons (Fsp3) is 0.500. The molecule has 0 bridgehead atoms. The number of amides is 1. The van der Waals surface area contributed by atoms with E-state index in [4.69, 9.17) is 5.11 Å². The zero-order chi connectivity index (χ0) is 15.4. The summed E-state index contributed by atoms with van der Waals surface area (Å²) in [5, 5.41) is 11.9. The number of nitrogens with zero attached hydrogens (tertiary/aromatic N) is 1. The zero-order valence-electron chi connectivity index (χ0n) is 12.2. The van der Waals surface area contributed by atoms with Crippen LogP contribution in [0.4, 0.5) is 0 Å². The minimum Gasteiger partial charge on any atom is -0.478 e. The summed E-state index contributed by atoms with van der Waals surface area (Å²) < 4.78 is 1.33. The summed E-state index contributed by atoms with van der Waals surface area (Å²) in [6.07, 6.45) is 0.140. The normalized spacial score (nSPS) is 10.7. The van der Waals surface area contributed by atoms with Gasteiger partial charge in [0, 0.05) is 30.8 Å². The first-order chi connectivity index (χ1) is 9.23. The van der Waals surface area contributed by atoms with E-state index in [9.17, 15) is 14.4 Å². The molecule has 0 aliphatic heterocycles. The summed E-state index contributed by atoms with van der Waals surface area (Å²) in [6.45, 7) is 7.04.